The molecule has 11 rings (SSSR count). The Morgan fingerprint density at radius 1 is 0.272 bits per heavy atom. The molecule has 10 aromatic rings. The van der Waals surface area contributed by atoms with E-state index in [-0.39, 0.29) is 0 Å². The highest BCUT2D eigenvalue weighted by Gasteiger charge is 2.43. The molecule has 81 heavy (non-hydrogen) atoms. The van der Waals surface area contributed by atoms with Gasteiger partial charge in [-0.15, -0.1) is 0 Å². The third-order valence-electron chi connectivity index (χ3n) is 14.9. The number of hydrogen-bond donors (Lipinski definition) is 0. The Morgan fingerprint density at radius 2 is 0.593 bits per heavy atom. The number of rotatable bonds is 8. The largest absolute Gasteiger partial charge is 0.257 e. The summed E-state index contributed by atoms with van der Waals surface area (Å²) in [4.78, 5) is 0. The molecule has 0 fully saturated rings. The van der Waals surface area contributed by atoms with E-state index in [9.17, 15) is 52.7 Å². The van der Waals surface area contributed by atoms with Crippen LogP contribution in [0.3, 0.4) is 0 Å². The molecule has 0 saturated carbocycles. The second-order valence-corrected chi connectivity index (χ2v) is 19.5. The molecular formula is C59H24B2F20. The molecule has 22 heteroatoms. The molecule has 0 N–H and O–H groups in total. The number of hydrogen-bond acceptors (Lipinski definition) is 0. The summed E-state index contributed by atoms with van der Waals surface area (Å²) in [6.07, 6.45) is 0. The summed E-state index contributed by atoms with van der Waals surface area (Å²) >= 11 is 0. The lowest BCUT2D eigenvalue weighted by Gasteiger charge is -2.36. The minimum absolute atomic E-state index is 0.298. The predicted octanol–water partition coefficient (Wildman–Crippen LogP) is 13.4. The van der Waals surface area contributed by atoms with Crippen LogP contribution in [0.4, 0.5) is 87.8 Å². The van der Waals surface area contributed by atoms with Crippen molar-refractivity contribution in [1.29, 1.82) is 0 Å². The summed E-state index contributed by atoms with van der Waals surface area (Å²) in [5.41, 5.74) is -5.20. The number of benzene rings is 10. The van der Waals surface area contributed by atoms with E-state index in [4.69, 9.17) is 0 Å². The summed E-state index contributed by atoms with van der Waals surface area (Å²) in [6, 6.07) is 26.5. The topological polar surface area (TPSA) is 0 Å². The molecule has 406 valence electrons. The zero-order chi connectivity index (χ0) is 58.3. The number of halogens is 20. The molecule has 10 aromatic carbocycles. The highest BCUT2D eigenvalue weighted by Crippen LogP contribution is 2.51. The monoisotopic (exact) mass is 1130 g/mol. The molecule has 0 amide bonds. The van der Waals surface area contributed by atoms with Crippen LogP contribution in [0, 0.1) is 116 Å². The fourth-order valence-corrected chi connectivity index (χ4v) is 10.9. The van der Waals surface area contributed by atoms with Crippen molar-refractivity contribution < 1.29 is 87.8 Å². The maximum atomic E-state index is 15.4. The molecule has 1 aliphatic carbocycles. The molecule has 0 atom stereocenters. The molecular weight excluding hydrogens is 1110 g/mol. The van der Waals surface area contributed by atoms with Gasteiger partial charge in [0, 0.05) is 27.3 Å². The van der Waals surface area contributed by atoms with Crippen molar-refractivity contribution in [1.82, 2.24) is 0 Å². The lowest BCUT2D eigenvalue weighted by molar-refractivity contribution is 0.382. The van der Waals surface area contributed by atoms with Gasteiger partial charge in [-0.3, -0.25) is 0 Å². The quantitative estimate of drug-likeness (QED) is 0.0468. The van der Waals surface area contributed by atoms with Crippen LogP contribution in [-0.4, -0.2) is 13.4 Å². The van der Waals surface area contributed by atoms with E-state index in [0.717, 1.165) is 51.9 Å². The second kappa shape index (κ2) is 19.3. The Kier molecular flexibility index (Phi) is 13.0. The Bertz CT molecular complexity index is 4130. The van der Waals surface area contributed by atoms with E-state index in [1.54, 1.807) is 42.5 Å². The van der Waals surface area contributed by atoms with E-state index < -0.39 is 168 Å². The zero-order valence-electron chi connectivity index (χ0n) is 40.6. The van der Waals surface area contributed by atoms with Crippen molar-refractivity contribution in [2.45, 2.75) is 19.3 Å². The molecule has 0 unspecified atom stereocenters. The number of fused-ring (bicyclic) bond motifs is 4. The van der Waals surface area contributed by atoms with Crippen LogP contribution >= 0.6 is 0 Å². The van der Waals surface area contributed by atoms with E-state index in [1.807, 2.05) is 32.0 Å². The molecule has 0 heterocycles. The zero-order valence-corrected chi connectivity index (χ0v) is 40.6. The smallest absolute Gasteiger partial charge is 0.204 e. The van der Waals surface area contributed by atoms with Gasteiger partial charge in [-0.1, -0.05) is 116 Å². The van der Waals surface area contributed by atoms with Crippen LogP contribution in [0.5, 0.6) is 0 Å². The van der Waals surface area contributed by atoms with Crippen LogP contribution in [0.15, 0.2) is 109 Å². The van der Waals surface area contributed by atoms with Crippen LogP contribution < -0.4 is 32.8 Å². The fraction of sp³-hybridized carbons (Fsp3) is 0.0508. The van der Waals surface area contributed by atoms with Crippen LogP contribution in [0.1, 0.15) is 25.0 Å². The Labute approximate surface area is 443 Å². The summed E-state index contributed by atoms with van der Waals surface area (Å²) in [6.45, 7) is -1.74. The Hall–Kier alpha value is -8.55. The molecule has 0 radical (unpaired) electrons. The van der Waals surface area contributed by atoms with E-state index in [2.05, 4.69) is 0 Å². The molecule has 0 bridgehead atoms. The van der Waals surface area contributed by atoms with E-state index in [1.165, 1.54) is 24.3 Å². The summed E-state index contributed by atoms with van der Waals surface area (Å²) in [5, 5.41) is 2.82. The molecule has 0 aliphatic heterocycles. The normalized spacial score (nSPS) is 12.7. The molecule has 0 spiro atoms. The first kappa shape index (κ1) is 54.4. The average molecular weight is 1130 g/mol. The minimum Gasteiger partial charge on any atom is -0.204 e. The maximum Gasteiger partial charge on any atom is 0.257 e. The first-order valence-electron chi connectivity index (χ1n) is 23.7. The van der Waals surface area contributed by atoms with Gasteiger partial charge in [-0.25, -0.2) is 87.8 Å². The van der Waals surface area contributed by atoms with Gasteiger partial charge in [0.2, 0.25) is 0 Å². The Balaban J connectivity index is 0.986. The summed E-state index contributed by atoms with van der Waals surface area (Å²) in [7, 11) is 0. The first-order chi connectivity index (χ1) is 38.3. The van der Waals surface area contributed by atoms with Gasteiger partial charge in [-0.05, 0) is 84.3 Å². The highest BCUT2D eigenvalue weighted by molar-refractivity contribution is 6.96. The Morgan fingerprint density at radius 3 is 0.963 bits per heavy atom. The van der Waals surface area contributed by atoms with Gasteiger partial charge in [0.05, 0.1) is 0 Å². The summed E-state index contributed by atoms with van der Waals surface area (Å²) < 4.78 is 297. The lowest BCUT2D eigenvalue weighted by atomic mass is 9.36. The molecule has 0 nitrogen and oxygen atoms in total. The lowest BCUT2D eigenvalue weighted by Crippen LogP contribution is -2.58. The van der Waals surface area contributed by atoms with Crippen molar-refractivity contribution in [3.8, 4) is 33.4 Å². The van der Waals surface area contributed by atoms with Gasteiger partial charge in [0.25, 0.3) is 13.4 Å². The third-order valence-corrected chi connectivity index (χ3v) is 14.9. The van der Waals surface area contributed by atoms with Gasteiger partial charge < -0.3 is 0 Å². The van der Waals surface area contributed by atoms with Crippen LogP contribution in [0.2, 0.25) is 0 Å². The van der Waals surface area contributed by atoms with E-state index >= 15 is 35.1 Å². The van der Waals surface area contributed by atoms with Crippen molar-refractivity contribution in [3.63, 3.8) is 0 Å². The van der Waals surface area contributed by atoms with Crippen LogP contribution in [-0.2, 0) is 5.41 Å². The fourth-order valence-electron chi connectivity index (χ4n) is 10.9. The van der Waals surface area contributed by atoms with Crippen LogP contribution in [0.25, 0.3) is 54.9 Å². The van der Waals surface area contributed by atoms with Gasteiger partial charge in [0.1, 0.15) is 0 Å². The minimum atomic E-state index is -2.78. The van der Waals surface area contributed by atoms with E-state index in [0.29, 0.717) is 38.4 Å². The molecule has 0 aromatic heterocycles. The van der Waals surface area contributed by atoms with Gasteiger partial charge in [-0.2, -0.15) is 0 Å². The van der Waals surface area contributed by atoms with Crippen molar-refractivity contribution >= 4 is 67.7 Å². The standard InChI is InChI=1S/C59H24B2F20/c1-59(2)32-5-3-4-29-30-18-23(21-8-13-26(14-9-21)60(35-39(62)47(70)55(78)48(71)40(35)63)36-41(64)49(72)56(79)50(73)42(36)65)6-7-25(30)19-31(34(29)32)28-17-12-24(20-33(28)59)22-10-15-27(16-11-22)61(37-43(66)51(74)57(80)52(75)44(37)67)38-45(68)53(76)58(81)54(77)46(38)69/h3-20H,1-2H3. The maximum absolute atomic E-state index is 15.4. The van der Waals surface area contributed by atoms with Gasteiger partial charge in [0.15, 0.2) is 116 Å². The molecule has 1 aliphatic rings. The summed E-state index contributed by atoms with van der Waals surface area (Å²) in [5.74, 6) is -51.7. The van der Waals surface area contributed by atoms with Crippen molar-refractivity contribution in [3.05, 3.63) is 237 Å². The average Bonchev–Trinajstić information content (AvgIpc) is 2.64. The highest BCUT2D eigenvalue weighted by atomic mass is 19.2. The third kappa shape index (κ3) is 8.01. The second-order valence-electron chi connectivity index (χ2n) is 19.5. The first-order valence-corrected chi connectivity index (χ1v) is 23.7. The SMILES string of the molecule is CC1(C)c2cc(-c3ccc(B(c4c(F)c(F)c(F)c(F)c4F)c4c(F)c(F)c(F)c(F)c4F)cc3)ccc2-c2cc3ccc(-c4ccc(B(c5c(F)c(F)c(F)c(F)c5F)c5c(F)c(F)c(F)c(F)c5F)cc4)cc3c3cccc1c23. The van der Waals surface area contributed by atoms with Crippen molar-refractivity contribution in [2.24, 2.45) is 0 Å². The van der Waals surface area contributed by atoms with Gasteiger partial charge >= 0.3 is 0 Å². The predicted molar refractivity (Wildman–Crippen MR) is 264 cm³/mol. The van der Waals surface area contributed by atoms with Crippen molar-refractivity contribution in [2.75, 3.05) is 0 Å². The molecule has 0 saturated heterocycles.